The molecule has 0 spiro atoms. The average Bonchev–Trinajstić information content (AvgIpc) is 2.46. The first-order chi connectivity index (χ1) is 9.31. The van der Waals surface area contributed by atoms with Gasteiger partial charge in [-0.05, 0) is 37.6 Å². The number of nitrogens with one attached hydrogen (secondary N) is 1. The van der Waals surface area contributed by atoms with Crippen molar-refractivity contribution in [3.05, 3.63) is 0 Å². The zero-order valence-electron chi connectivity index (χ0n) is 13.1. The number of ether oxygens (including phenoxy) is 2. The summed E-state index contributed by atoms with van der Waals surface area (Å²) in [7, 11) is 1.73. The minimum atomic E-state index is 0.533. The van der Waals surface area contributed by atoms with Gasteiger partial charge >= 0.3 is 0 Å². The van der Waals surface area contributed by atoms with Gasteiger partial charge in [-0.3, -0.25) is 0 Å². The third-order valence-corrected chi connectivity index (χ3v) is 4.36. The minimum Gasteiger partial charge on any atom is -0.382 e. The maximum atomic E-state index is 5.77. The third-order valence-electron chi connectivity index (χ3n) is 4.36. The molecule has 3 heteroatoms. The van der Waals surface area contributed by atoms with Crippen LogP contribution in [0.5, 0.6) is 0 Å². The maximum Gasteiger partial charge on any atom is 0.0701 e. The second kappa shape index (κ2) is 10.6. The Kier molecular flexibility index (Phi) is 9.48. The molecule has 0 bridgehead atoms. The second-order valence-corrected chi connectivity index (χ2v) is 5.83. The van der Waals surface area contributed by atoms with Crippen molar-refractivity contribution in [2.45, 2.75) is 58.4 Å². The van der Waals surface area contributed by atoms with Crippen LogP contribution in [0.2, 0.25) is 0 Å². The summed E-state index contributed by atoms with van der Waals surface area (Å²) in [6.45, 7) is 7.91. The molecule has 1 N–H and O–H groups in total. The molecule has 3 nitrogen and oxygen atoms in total. The summed E-state index contributed by atoms with van der Waals surface area (Å²) in [5.74, 6) is 1.73. The molecule has 114 valence electrons. The van der Waals surface area contributed by atoms with Crippen LogP contribution in [0, 0.1) is 11.8 Å². The molecule has 0 aromatic carbocycles. The summed E-state index contributed by atoms with van der Waals surface area (Å²) in [4.78, 5) is 0. The molecule has 1 saturated carbocycles. The van der Waals surface area contributed by atoms with E-state index in [-0.39, 0.29) is 0 Å². The van der Waals surface area contributed by atoms with E-state index in [9.17, 15) is 0 Å². The van der Waals surface area contributed by atoms with Crippen LogP contribution >= 0.6 is 0 Å². The molecule has 0 aromatic rings. The summed E-state index contributed by atoms with van der Waals surface area (Å²) in [5, 5.41) is 3.69. The highest BCUT2D eigenvalue weighted by molar-refractivity contribution is 4.82. The van der Waals surface area contributed by atoms with Crippen molar-refractivity contribution in [3.8, 4) is 0 Å². The van der Waals surface area contributed by atoms with E-state index in [0.29, 0.717) is 19.3 Å². The first kappa shape index (κ1) is 16.9. The van der Waals surface area contributed by atoms with Crippen LogP contribution in [0.4, 0.5) is 0 Å². The molecule has 1 fully saturated rings. The number of rotatable bonds is 10. The van der Waals surface area contributed by atoms with Crippen LogP contribution in [-0.2, 0) is 9.47 Å². The lowest BCUT2D eigenvalue weighted by atomic mass is 9.77. The smallest absolute Gasteiger partial charge is 0.0701 e. The van der Waals surface area contributed by atoms with Gasteiger partial charge in [0.15, 0.2) is 0 Å². The Morgan fingerprint density at radius 2 is 2.05 bits per heavy atom. The molecule has 19 heavy (non-hydrogen) atoms. The molecule has 0 saturated heterocycles. The summed E-state index contributed by atoms with van der Waals surface area (Å²) >= 11 is 0. The first-order valence-corrected chi connectivity index (χ1v) is 8.11. The van der Waals surface area contributed by atoms with E-state index in [1.807, 2.05) is 0 Å². The highest BCUT2D eigenvalue weighted by atomic mass is 16.5. The molecule has 1 aliphatic rings. The van der Waals surface area contributed by atoms with Crippen molar-refractivity contribution >= 4 is 0 Å². The monoisotopic (exact) mass is 271 g/mol. The van der Waals surface area contributed by atoms with Crippen LogP contribution < -0.4 is 5.32 Å². The van der Waals surface area contributed by atoms with E-state index in [2.05, 4.69) is 19.2 Å². The Morgan fingerprint density at radius 3 is 2.74 bits per heavy atom. The lowest BCUT2D eigenvalue weighted by Crippen LogP contribution is -2.42. The van der Waals surface area contributed by atoms with Gasteiger partial charge in [0.25, 0.3) is 0 Å². The highest BCUT2D eigenvalue weighted by Gasteiger charge is 2.27. The fourth-order valence-electron chi connectivity index (χ4n) is 3.11. The van der Waals surface area contributed by atoms with Crippen LogP contribution in [0.15, 0.2) is 0 Å². The zero-order chi connectivity index (χ0) is 13.9. The van der Waals surface area contributed by atoms with Gasteiger partial charge in [-0.2, -0.15) is 0 Å². The SMILES string of the molecule is CCCNC(COCCOC)C1CCCC(CC)C1. The predicted molar refractivity (Wildman–Crippen MR) is 80.5 cm³/mol. The lowest BCUT2D eigenvalue weighted by Gasteiger charge is -2.34. The fraction of sp³-hybridized carbons (Fsp3) is 1.00. The van der Waals surface area contributed by atoms with Crippen molar-refractivity contribution in [2.75, 3.05) is 33.5 Å². The van der Waals surface area contributed by atoms with E-state index in [1.54, 1.807) is 7.11 Å². The second-order valence-electron chi connectivity index (χ2n) is 5.83. The van der Waals surface area contributed by atoms with Crippen molar-refractivity contribution in [1.82, 2.24) is 5.32 Å². The lowest BCUT2D eigenvalue weighted by molar-refractivity contribution is 0.0415. The Hall–Kier alpha value is -0.120. The third kappa shape index (κ3) is 6.73. The van der Waals surface area contributed by atoms with E-state index in [1.165, 1.54) is 38.5 Å². The van der Waals surface area contributed by atoms with Gasteiger partial charge in [-0.25, -0.2) is 0 Å². The van der Waals surface area contributed by atoms with E-state index >= 15 is 0 Å². The predicted octanol–water partition coefficient (Wildman–Crippen LogP) is 3.23. The summed E-state index contributed by atoms with van der Waals surface area (Å²) < 4.78 is 10.8. The molecule has 3 unspecified atom stereocenters. The molecular formula is C16H33NO2. The van der Waals surface area contributed by atoms with Gasteiger partial charge in [-0.15, -0.1) is 0 Å². The molecule has 3 atom stereocenters. The van der Waals surface area contributed by atoms with Crippen LogP contribution in [0.1, 0.15) is 52.4 Å². The summed E-state index contributed by atoms with van der Waals surface area (Å²) in [5.41, 5.74) is 0. The maximum absolute atomic E-state index is 5.77. The van der Waals surface area contributed by atoms with Crippen LogP contribution in [-0.4, -0.2) is 39.5 Å². The van der Waals surface area contributed by atoms with Crippen LogP contribution in [0.25, 0.3) is 0 Å². The average molecular weight is 271 g/mol. The fourth-order valence-corrected chi connectivity index (χ4v) is 3.11. The normalized spacial score (nSPS) is 25.4. The molecule has 0 heterocycles. The zero-order valence-corrected chi connectivity index (χ0v) is 13.1. The van der Waals surface area contributed by atoms with Crippen molar-refractivity contribution in [1.29, 1.82) is 0 Å². The van der Waals surface area contributed by atoms with Gasteiger partial charge in [0.2, 0.25) is 0 Å². The minimum absolute atomic E-state index is 0.533. The summed E-state index contributed by atoms with van der Waals surface area (Å²) in [6, 6.07) is 0.533. The number of methoxy groups -OCH3 is 1. The number of hydrogen-bond donors (Lipinski definition) is 1. The molecule has 0 amide bonds. The van der Waals surface area contributed by atoms with Gasteiger partial charge in [-0.1, -0.05) is 33.1 Å². The van der Waals surface area contributed by atoms with Gasteiger partial charge in [0, 0.05) is 13.2 Å². The molecule has 1 aliphatic carbocycles. The number of hydrogen-bond acceptors (Lipinski definition) is 3. The van der Waals surface area contributed by atoms with E-state index in [0.717, 1.165) is 25.0 Å². The topological polar surface area (TPSA) is 30.5 Å². The Bertz CT molecular complexity index is 211. The van der Waals surface area contributed by atoms with E-state index in [4.69, 9.17) is 9.47 Å². The molecule has 0 aromatic heterocycles. The Morgan fingerprint density at radius 1 is 1.21 bits per heavy atom. The van der Waals surface area contributed by atoms with Gasteiger partial charge < -0.3 is 14.8 Å². The van der Waals surface area contributed by atoms with Crippen molar-refractivity contribution in [2.24, 2.45) is 11.8 Å². The standard InChI is InChI=1S/C16H33NO2/c1-4-9-17-16(13-19-11-10-18-3)15-8-6-7-14(5-2)12-15/h14-17H,4-13H2,1-3H3. The highest BCUT2D eigenvalue weighted by Crippen LogP contribution is 2.33. The van der Waals surface area contributed by atoms with Gasteiger partial charge in [0.05, 0.1) is 19.8 Å². The largest absolute Gasteiger partial charge is 0.382 e. The van der Waals surface area contributed by atoms with E-state index < -0.39 is 0 Å². The van der Waals surface area contributed by atoms with Crippen molar-refractivity contribution in [3.63, 3.8) is 0 Å². The summed E-state index contributed by atoms with van der Waals surface area (Å²) in [6.07, 6.45) is 8.10. The first-order valence-electron chi connectivity index (χ1n) is 8.11. The van der Waals surface area contributed by atoms with Crippen LogP contribution in [0.3, 0.4) is 0 Å². The molecule has 1 rings (SSSR count). The van der Waals surface area contributed by atoms with Crippen molar-refractivity contribution < 1.29 is 9.47 Å². The Labute approximate surface area is 119 Å². The quantitative estimate of drug-likeness (QED) is 0.619. The molecular weight excluding hydrogens is 238 g/mol. The van der Waals surface area contributed by atoms with Gasteiger partial charge in [0.1, 0.15) is 0 Å². The molecule has 0 aliphatic heterocycles. The molecule has 0 radical (unpaired) electrons. The Balaban J connectivity index is 2.37.